The molecule has 1 aromatic rings. The molecule has 0 spiro atoms. The second-order valence-corrected chi connectivity index (χ2v) is 6.11. The van der Waals surface area contributed by atoms with Crippen LogP contribution < -0.4 is 5.32 Å². The van der Waals surface area contributed by atoms with E-state index in [9.17, 15) is 4.79 Å². The van der Waals surface area contributed by atoms with Gasteiger partial charge in [0.2, 0.25) is 5.91 Å². The van der Waals surface area contributed by atoms with Gasteiger partial charge in [-0.2, -0.15) is 0 Å². The van der Waals surface area contributed by atoms with Crippen LogP contribution in [0, 0.1) is 12.3 Å². The molecule has 0 radical (unpaired) electrons. The molecule has 0 atom stereocenters. The van der Waals surface area contributed by atoms with Gasteiger partial charge in [0, 0.05) is 20.7 Å². The van der Waals surface area contributed by atoms with Gasteiger partial charge in [-0.25, -0.2) is 0 Å². The SMILES string of the molecule is COCC1(C(=O)N(C)Cc2cccc(C)c2)CCNCC1. The van der Waals surface area contributed by atoms with Crippen LogP contribution in [0.25, 0.3) is 0 Å². The molecule has 116 valence electrons. The Morgan fingerprint density at radius 3 is 2.71 bits per heavy atom. The molecule has 2 rings (SSSR count). The standard InChI is InChI=1S/C17H26N2O2/c1-14-5-4-6-15(11-14)12-19(2)16(20)17(13-21-3)7-9-18-10-8-17/h4-6,11,18H,7-10,12-13H2,1-3H3. The van der Waals surface area contributed by atoms with E-state index >= 15 is 0 Å². The quantitative estimate of drug-likeness (QED) is 0.901. The van der Waals surface area contributed by atoms with Crippen molar-refractivity contribution in [3.05, 3.63) is 35.4 Å². The van der Waals surface area contributed by atoms with E-state index in [4.69, 9.17) is 4.74 Å². The number of carbonyl (C=O) groups is 1. The normalized spacial score (nSPS) is 17.5. The molecule has 0 unspecified atom stereocenters. The van der Waals surface area contributed by atoms with Crippen LogP contribution in [0.15, 0.2) is 24.3 Å². The number of ether oxygens (including phenoxy) is 1. The number of rotatable bonds is 5. The van der Waals surface area contributed by atoms with Crippen molar-refractivity contribution in [2.75, 3.05) is 33.9 Å². The zero-order valence-corrected chi connectivity index (χ0v) is 13.3. The maximum Gasteiger partial charge on any atom is 0.231 e. The van der Waals surface area contributed by atoms with Gasteiger partial charge in [0.25, 0.3) is 0 Å². The Balaban J connectivity index is 2.09. The third-order valence-electron chi connectivity index (χ3n) is 4.28. The summed E-state index contributed by atoms with van der Waals surface area (Å²) in [7, 11) is 3.57. The highest BCUT2D eigenvalue weighted by Gasteiger charge is 2.41. The molecule has 0 bridgehead atoms. The Morgan fingerprint density at radius 2 is 2.10 bits per heavy atom. The Kier molecular flexibility index (Phi) is 5.37. The van der Waals surface area contributed by atoms with Crippen LogP contribution in [0.1, 0.15) is 24.0 Å². The van der Waals surface area contributed by atoms with Crippen molar-refractivity contribution in [1.82, 2.24) is 10.2 Å². The summed E-state index contributed by atoms with van der Waals surface area (Å²) < 4.78 is 5.35. The summed E-state index contributed by atoms with van der Waals surface area (Å²) in [5, 5.41) is 3.32. The lowest BCUT2D eigenvalue weighted by Gasteiger charge is -2.38. The number of piperidine rings is 1. The lowest BCUT2D eigenvalue weighted by Crippen LogP contribution is -2.50. The molecule has 1 aliphatic heterocycles. The van der Waals surface area contributed by atoms with Crippen LogP contribution >= 0.6 is 0 Å². The molecule has 1 aromatic carbocycles. The smallest absolute Gasteiger partial charge is 0.231 e. The summed E-state index contributed by atoms with van der Waals surface area (Å²) in [6, 6.07) is 8.32. The minimum atomic E-state index is -0.363. The van der Waals surface area contributed by atoms with Gasteiger partial charge in [-0.15, -0.1) is 0 Å². The number of hydrogen-bond acceptors (Lipinski definition) is 3. The molecule has 1 aliphatic rings. The zero-order valence-electron chi connectivity index (χ0n) is 13.3. The number of amides is 1. The van der Waals surface area contributed by atoms with Crippen molar-refractivity contribution in [3.8, 4) is 0 Å². The second kappa shape index (κ2) is 7.05. The van der Waals surface area contributed by atoms with Crippen molar-refractivity contribution in [1.29, 1.82) is 0 Å². The van der Waals surface area contributed by atoms with Crippen LogP contribution in [0.5, 0.6) is 0 Å². The van der Waals surface area contributed by atoms with E-state index in [0.29, 0.717) is 13.2 Å². The highest BCUT2D eigenvalue weighted by Crippen LogP contribution is 2.31. The molecule has 1 N–H and O–H groups in total. The molecule has 0 aliphatic carbocycles. The van der Waals surface area contributed by atoms with Crippen molar-refractivity contribution in [3.63, 3.8) is 0 Å². The first-order chi connectivity index (χ1) is 10.1. The van der Waals surface area contributed by atoms with Crippen molar-refractivity contribution in [2.45, 2.75) is 26.3 Å². The van der Waals surface area contributed by atoms with E-state index in [1.807, 2.05) is 18.0 Å². The highest BCUT2D eigenvalue weighted by molar-refractivity contribution is 5.83. The fraction of sp³-hybridized carbons (Fsp3) is 0.588. The molecular weight excluding hydrogens is 264 g/mol. The van der Waals surface area contributed by atoms with Gasteiger partial charge in [-0.05, 0) is 38.4 Å². The third kappa shape index (κ3) is 3.83. The summed E-state index contributed by atoms with van der Waals surface area (Å²) in [6.07, 6.45) is 1.69. The first kappa shape index (κ1) is 16.0. The van der Waals surface area contributed by atoms with Crippen LogP contribution in [-0.2, 0) is 16.1 Å². The van der Waals surface area contributed by atoms with Crippen molar-refractivity contribution < 1.29 is 9.53 Å². The van der Waals surface area contributed by atoms with E-state index in [2.05, 4.69) is 30.4 Å². The molecule has 1 fully saturated rings. The molecule has 1 heterocycles. The number of nitrogens with one attached hydrogen (secondary N) is 1. The van der Waals surface area contributed by atoms with Gasteiger partial charge in [0.1, 0.15) is 0 Å². The van der Waals surface area contributed by atoms with E-state index in [1.54, 1.807) is 7.11 Å². The number of nitrogens with zero attached hydrogens (tertiary/aromatic N) is 1. The lowest BCUT2D eigenvalue weighted by molar-refractivity contribution is -0.146. The molecule has 4 nitrogen and oxygen atoms in total. The van der Waals surface area contributed by atoms with Gasteiger partial charge < -0.3 is 15.0 Å². The zero-order chi connectivity index (χ0) is 15.3. The Hall–Kier alpha value is -1.39. The third-order valence-corrected chi connectivity index (χ3v) is 4.28. The van der Waals surface area contributed by atoms with Gasteiger partial charge >= 0.3 is 0 Å². The number of methoxy groups -OCH3 is 1. The number of hydrogen-bond donors (Lipinski definition) is 1. The van der Waals surface area contributed by atoms with Crippen molar-refractivity contribution in [2.24, 2.45) is 5.41 Å². The molecule has 1 saturated heterocycles. The number of carbonyl (C=O) groups excluding carboxylic acids is 1. The Bertz CT molecular complexity index is 476. The molecule has 1 amide bonds. The van der Waals surface area contributed by atoms with Gasteiger partial charge in [-0.1, -0.05) is 29.8 Å². The summed E-state index contributed by atoms with van der Waals surface area (Å²) >= 11 is 0. The fourth-order valence-corrected chi connectivity index (χ4v) is 3.16. The Morgan fingerprint density at radius 1 is 1.38 bits per heavy atom. The summed E-state index contributed by atoms with van der Waals surface area (Å²) in [5.74, 6) is 0.201. The number of aryl methyl sites for hydroxylation is 1. The fourth-order valence-electron chi connectivity index (χ4n) is 3.16. The molecule has 0 aromatic heterocycles. The molecular formula is C17H26N2O2. The molecule has 0 saturated carbocycles. The predicted octanol–water partition coefficient (Wildman–Crippen LogP) is 1.97. The minimum Gasteiger partial charge on any atom is -0.384 e. The largest absolute Gasteiger partial charge is 0.384 e. The first-order valence-corrected chi connectivity index (χ1v) is 7.58. The highest BCUT2D eigenvalue weighted by atomic mass is 16.5. The maximum atomic E-state index is 12.9. The summed E-state index contributed by atoms with van der Waals surface area (Å²) in [5.41, 5.74) is 2.03. The molecule has 4 heteroatoms. The van der Waals surface area contributed by atoms with E-state index in [1.165, 1.54) is 11.1 Å². The number of benzene rings is 1. The van der Waals surface area contributed by atoms with Crippen molar-refractivity contribution >= 4 is 5.91 Å². The van der Waals surface area contributed by atoms with Crippen LogP contribution in [0.3, 0.4) is 0 Å². The van der Waals surface area contributed by atoms with E-state index < -0.39 is 0 Å². The minimum absolute atomic E-state index is 0.201. The average molecular weight is 290 g/mol. The van der Waals surface area contributed by atoms with Gasteiger partial charge in [0.15, 0.2) is 0 Å². The van der Waals surface area contributed by atoms with Gasteiger partial charge in [0.05, 0.1) is 12.0 Å². The summed E-state index contributed by atoms with van der Waals surface area (Å²) in [6.45, 7) is 5.00. The Labute approximate surface area is 127 Å². The van der Waals surface area contributed by atoms with Crippen LogP contribution in [0.2, 0.25) is 0 Å². The summed E-state index contributed by atoms with van der Waals surface area (Å²) in [4.78, 5) is 14.8. The first-order valence-electron chi connectivity index (χ1n) is 7.58. The average Bonchev–Trinajstić information content (AvgIpc) is 2.47. The van der Waals surface area contributed by atoms with E-state index in [-0.39, 0.29) is 11.3 Å². The van der Waals surface area contributed by atoms with Crippen LogP contribution in [0.4, 0.5) is 0 Å². The van der Waals surface area contributed by atoms with E-state index in [0.717, 1.165) is 25.9 Å². The lowest BCUT2D eigenvalue weighted by atomic mass is 9.78. The van der Waals surface area contributed by atoms with Gasteiger partial charge in [-0.3, -0.25) is 4.79 Å². The maximum absolute atomic E-state index is 12.9. The monoisotopic (exact) mass is 290 g/mol. The predicted molar refractivity (Wildman–Crippen MR) is 84.1 cm³/mol. The topological polar surface area (TPSA) is 41.6 Å². The van der Waals surface area contributed by atoms with Crippen LogP contribution in [-0.4, -0.2) is 44.7 Å². The second-order valence-electron chi connectivity index (χ2n) is 6.11. The molecule has 21 heavy (non-hydrogen) atoms.